The van der Waals surface area contributed by atoms with Crippen molar-refractivity contribution in [3.05, 3.63) is 52.5 Å². The Bertz CT molecular complexity index is 999. The molecule has 0 radical (unpaired) electrons. The molecule has 29 heavy (non-hydrogen) atoms. The molecule has 1 aromatic carbocycles. The molecule has 0 bridgehead atoms. The van der Waals surface area contributed by atoms with E-state index in [1.54, 1.807) is 18.2 Å². The lowest BCUT2D eigenvalue weighted by atomic mass is 10.2. The number of para-hydroxylation sites is 1. The fourth-order valence-electron chi connectivity index (χ4n) is 2.35. The molecular formula is C19H17N3O6S. The number of nitrogens with one attached hydrogen (secondary N) is 1. The number of benzene rings is 1. The summed E-state index contributed by atoms with van der Waals surface area (Å²) in [5.74, 6) is -0.943. The Labute approximate surface area is 169 Å². The number of carbonyl (C=O) groups excluding carboxylic acids is 3. The van der Waals surface area contributed by atoms with E-state index in [2.05, 4.69) is 15.5 Å². The van der Waals surface area contributed by atoms with Crippen molar-refractivity contribution < 1.29 is 28.4 Å². The molecule has 0 aliphatic carbocycles. The van der Waals surface area contributed by atoms with Gasteiger partial charge in [-0.15, -0.1) is 0 Å². The van der Waals surface area contributed by atoms with Gasteiger partial charge in [0.15, 0.2) is 6.61 Å². The first kappa shape index (κ1) is 20.2. The van der Waals surface area contributed by atoms with Crippen LogP contribution in [-0.2, 0) is 20.7 Å². The lowest BCUT2D eigenvalue weighted by Crippen LogP contribution is -2.34. The molecule has 0 aliphatic heterocycles. The van der Waals surface area contributed by atoms with Crippen LogP contribution in [-0.4, -0.2) is 41.6 Å². The predicted octanol–water partition coefficient (Wildman–Crippen LogP) is 2.24. The summed E-state index contributed by atoms with van der Waals surface area (Å²) in [5, 5.41) is 9.77. The van der Waals surface area contributed by atoms with Crippen LogP contribution < -0.4 is 10.1 Å². The van der Waals surface area contributed by atoms with Gasteiger partial charge in [0.1, 0.15) is 5.75 Å². The molecule has 0 spiro atoms. The van der Waals surface area contributed by atoms with Gasteiger partial charge in [-0.3, -0.25) is 19.7 Å². The van der Waals surface area contributed by atoms with Crippen LogP contribution >= 0.6 is 11.3 Å². The molecule has 2 amide bonds. The van der Waals surface area contributed by atoms with Gasteiger partial charge in [-0.2, -0.15) is 16.3 Å². The normalized spacial score (nSPS) is 10.4. The molecule has 1 N–H and O–H groups in total. The van der Waals surface area contributed by atoms with Crippen molar-refractivity contribution in [1.82, 2.24) is 15.5 Å². The standard InChI is InChI=1S/C19H17N3O6S/c1-26-14-5-3-2-4-13(14)19(25)20-15(23)10-27-17(24)7-6-16-21-18(22-28-16)12-8-9-29-11-12/h2-5,8-9,11H,6-7,10H2,1H3,(H,20,23,25). The minimum Gasteiger partial charge on any atom is -0.496 e. The van der Waals surface area contributed by atoms with E-state index in [0.717, 1.165) is 5.56 Å². The highest BCUT2D eigenvalue weighted by Gasteiger charge is 2.16. The lowest BCUT2D eigenvalue weighted by molar-refractivity contribution is -0.148. The fourth-order valence-corrected chi connectivity index (χ4v) is 2.99. The lowest BCUT2D eigenvalue weighted by Gasteiger charge is -2.08. The first-order valence-electron chi connectivity index (χ1n) is 8.55. The zero-order valence-corrected chi connectivity index (χ0v) is 16.2. The van der Waals surface area contributed by atoms with Crippen LogP contribution in [0.15, 0.2) is 45.6 Å². The van der Waals surface area contributed by atoms with E-state index in [1.165, 1.54) is 24.5 Å². The number of hydrogen-bond donors (Lipinski definition) is 1. The third-order valence-electron chi connectivity index (χ3n) is 3.76. The molecule has 2 heterocycles. The third kappa shape index (κ3) is 5.48. The number of ether oxygens (including phenoxy) is 2. The molecule has 0 atom stereocenters. The van der Waals surface area contributed by atoms with Crippen LogP contribution in [0.3, 0.4) is 0 Å². The van der Waals surface area contributed by atoms with Crippen LogP contribution in [0.2, 0.25) is 0 Å². The maximum Gasteiger partial charge on any atom is 0.306 e. The second-order valence-electron chi connectivity index (χ2n) is 5.76. The monoisotopic (exact) mass is 415 g/mol. The van der Waals surface area contributed by atoms with E-state index in [-0.39, 0.29) is 18.4 Å². The van der Waals surface area contributed by atoms with Gasteiger partial charge in [-0.05, 0) is 23.6 Å². The number of rotatable bonds is 8. The van der Waals surface area contributed by atoms with Crippen molar-refractivity contribution in [3.63, 3.8) is 0 Å². The Morgan fingerprint density at radius 1 is 1.21 bits per heavy atom. The molecule has 0 unspecified atom stereocenters. The van der Waals surface area contributed by atoms with Crippen molar-refractivity contribution in [1.29, 1.82) is 0 Å². The number of esters is 1. The van der Waals surface area contributed by atoms with Gasteiger partial charge in [-0.1, -0.05) is 17.3 Å². The molecule has 9 nitrogen and oxygen atoms in total. The third-order valence-corrected chi connectivity index (χ3v) is 4.44. The minimum atomic E-state index is -0.744. The average Bonchev–Trinajstić information content (AvgIpc) is 3.42. The zero-order valence-electron chi connectivity index (χ0n) is 15.4. The van der Waals surface area contributed by atoms with Crippen LogP contribution in [0, 0.1) is 0 Å². The molecule has 3 rings (SSSR count). The van der Waals surface area contributed by atoms with Gasteiger partial charge < -0.3 is 14.0 Å². The topological polar surface area (TPSA) is 121 Å². The van der Waals surface area contributed by atoms with Crippen molar-refractivity contribution in [3.8, 4) is 17.1 Å². The summed E-state index contributed by atoms with van der Waals surface area (Å²) in [5.41, 5.74) is 1.04. The highest BCUT2D eigenvalue weighted by Crippen LogP contribution is 2.19. The van der Waals surface area contributed by atoms with Crippen LogP contribution in [0.25, 0.3) is 11.4 Å². The van der Waals surface area contributed by atoms with Crippen LogP contribution in [0.1, 0.15) is 22.7 Å². The number of aryl methyl sites for hydroxylation is 1. The molecule has 3 aromatic rings. The maximum absolute atomic E-state index is 12.1. The van der Waals surface area contributed by atoms with E-state index < -0.39 is 24.4 Å². The Kier molecular flexibility index (Phi) is 6.69. The summed E-state index contributed by atoms with van der Waals surface area (Å²) >= 11 is 1.51. The summed E-state index contributed by atoms with van der Waals surface area (Å²) in [7, 11) is 1.42. The van der Waals surface area contributed by atoms with Gasteiger partial charge >= 0.3 is 5.97 Å². The number of amides is 2. The summed E-state index contributed by atoms with van der Waals surface area (Å²) in [6.07, 6.45) is 0.136. The average molecular weight is 415 g/mol. The van der Waals surface area contributed by atoms with E-state index >= 15 is 0 Å². The molecule has 2 aromatic heterocycles. The van der Waals surface area contributed by atoms with Gasteiger partial charge in [-0.25, -0.2) is 0 Å². The summed E-state index contributed by atoms with van der Waals surface area (Å²) < 4.78 is 15.0. The van der Waals surface area contributed by atoms with E-state index in [1.807, 2.05) is 16.8 Å². The Morgan fingerprint density at radius 2 is 2.03 bits per heavy atom. The van der Waals surface area contributed by atoms with Crippen molar-refractivity contribution in [2.24, 2.45) is 0 Å². The van der Waals surface area contributed by atoms with Crippen molar-refractivity contribution >= 4 is 29.1 Å². The molecule has 0 saturated carbocycles. The van der Waals surface area contributed by atoms with Gasteiger partial charge in [0.05, 0.1) is 19.1 Å². The van der Waals surface area contributed by atoms with Crippen LogP contribution in [0.5, 0.6) is 5.75 Å². The Morgan fingerprint density at radius 3 is 2.79 bits per heavy atom. The second kappa shape index (κ2) is 9.60. The SMILES string of the molecule is COc1ccccc1C(=O)NC(=O)COC(=O)CCc1nc(-c2ccsc2)no1. The molecule has 10 heteroatoms. The zero-order chi connectivity index (χ0) is 20.6. The second-order valence-corrected chi connectivity index (χ2v) is 6.54. The Balaban J connectivity index is 1.42. The van der Waals surface area contributed by atoms with E-state index in [4.69, 9.17) is 14.0 Å². The van der Waals surface area contributed by atoms with Crippen LogP contribution in [0.4, 0.5) is 0 Å². The largest absolute Gasteiger partial charge is 0.496 e. The predicted molar refractivity (Wildman–Crippen MR) is 102 cm³/mol. The first-order chi connectivity index (χ1) is 14.1. The number of hydrogen-bond acceptors (Lipinski definition) is 9. The number of carbonyl (C=O) groups is 3. The van der Waals surface area contributed by atoms with E-state index in [9.17, 15) is 14.4 Å². The quantitative estimate of drug-likeness (QED) is 0.556. The number of methoxy groups -OCH3 is 1. The molecular weight excluding hydrogens is 398 g/mol. The van der Waals surface area contributed by atoms with Gasteiger partial charge in [0.25, 0.3) is 11.8 Å². The number of imide groups is 1. The van der Waals surface area contributed by atoms with Gasteiger partial charge in [0, 0.05) is 17.4 Å². The van der Waals surface area contributed by atoms with Crippen molar-refractivity contribution in [2.75, 3.05) is 13.7 Å². The maximum atomic E-state index is 12.1. The summed E-state index contributed by atoms with van der Waals surface area (Å²) in [6, 6.07) is 8.32. The molecule has 0 fully saturated rings. The highest BCUT2D eigenvalue weighted by molar-refractivity contribution is 7.08. The summed E-state index contributed by atoms with van der Waals surface area (Å²) in [4.78, 5) is 40.0. The molecule has 0 saturated heterocycles. The van der Waals surface area contributed by atoms with Crippen molar-refractivity contribution in [2.45, 2.75) is 12.8 Å². The fraction of sp³-hybridized carbons (Fsp3) is 0.211. The molecule has 150 valence electrons. The minimum absolute atomic E-state index is 0.0427. The number of nitrogens with zero attached hydrogens (tertiary/aromatic N) is 2. The van der Waals surface area contributed by atoms with Gasteiger partial charge in [0.2, 0.25) is 11.7 Å². The molecule has 0 aliphatic rings. The Hall–Kier alpha value is -3.53. The van der Waals surface area contributed by atoms with E-state index in [0.29, 0.717) is 17.5 Å². The number of aromatic nitrogens is 2. The number of thiophene rings is 1. The summed E-state index contributed by atoms with van der Waals surface area (Å²) in [6.45, 7) is -0.580. The highest BCUT2D eigenvalue weighted by atomic mass is 32.1. The smallest absolute Gasteiger partial charge is 0.306 e. The first-order valence-corrected chi connectivity index (χ1v) is 9.49.